The number of benzene rings is 1. The molecule has 160 valence electrons. The summed E-state index contributed by atoms with van der Waals surface area (Å²) in [6, 6.07) is 6.05. The van der Waals surface area contributed by atoms with Crippen molar-refractivity contribution in [1.29, 1.82) is 0 Å². The van der Waals surface area contributed by atoms with Crippen molar-refractivity contribution in [3.8, 4) is 0 Å². The number of piperidine rings is 1. The molecule has 2 amide bonds. The molecule has 0 saturated carbocycles. The molecular formula is C22H33FN4O2. The highest BCUT2D eigenvalue weighted by atomic mass is 19.1. The minimum atomic E-state index is -0.322. The molecule has 2 heterocycles. The van der Waals surface area contributed by atoms with Gasteiger partial charge in [0, 0.05) is 44.5 Å². The van der Waals surface area contributed by atoms with Crippen LogP contribution in [0.15, 0.2) is 24.3 Å². The SMILES string of the molecule is CCC1CCCCN1C(=O)C(C)N1CCN(CC(=O)Nc2ccc(F)cc2)CC1. The fourth-order valence-electron chi connectivity index (χ4n) is 4.36. The van der Waals surface area contributed by atoms with Crippen LogP contribution in [0.25, 0.3) is 0 Å². The second-order valence-electron chi connectivity index (χ2n) is 8.13. The average molecular weight is 405 g/mol. The zero-order valence-electron chi connectivity index (χ0n) is 17.6. The third-order valence-corrected chi connectivity index (χ3v) is 6.19. The van der Waals surface area contributed by atoms with E-state index in [9.17, 15) is 14.0 Å². The van der Waals surface area contributed by atoms with Crippen molar-refractivity contribution >= 4 is 17.5 Å². The van der Waals surface area contributed by atoms with Crippen LogP contribution in [0, 0.1) is 5.82 Å². The Morgan fingerprint density at radius 2 is 1.79 bits per heavy atom. The minimum absolute atomic E-state index is 0.103. The monoisotopic (exact) mass is 404 g/mol. The smallest absolute Gasteiger partial charge is 0.239 e. The Labute approximate surface area is 173 Å². The van der Waals surface area contributed by atoms with E-state index in [2.05, 4.69) is 26.9 Å². The van der Waals surface area contributed by atoms with Gasteiger partial charge in [-0.2, -0.15) is 0 Å². The van der Waals surface area contributed by atoms with Gasteiger partial charge in [-0.15, -0.1) is 0 Å². The van der Waals surface area contributed by atoms with Gasteiger partial charge < -0.3 is 10.2 Å². The maximum absolute atomic E-state index is 13.0. The van der Waals surface area contributed by atoms with Crippen LogP contribution < -0.4 is 5.32 Å². The summed E-state index contributed by atoms with van der Waals surface area (Å²) < 4.78 is 13.0. The number of hydrogen-bond acceptors (Lipinski definition) is 4. The number of nitrogens with zero attached hydrogens (tertiary/aromatic N) is 3. The van der Waals surface area contributed by atoms with Crippen LogP contribution in [0.1, 0.15) is 39.5 Å². The van der Waals surface area contributed by atoms with Crippen LogP contribution in [-0.2, 0) is 9.59 Å². The number of carbonyl (C=O) groups is 2. The lowest BCUT2D eigenvalue weighted by atomic mass is 9.99. The van der Waals surface area contributed by atoms with E-state index in [-0.39, 0.29) is 23.7 Å². The van der Waals surface area contributed by atoms with Crippen molar-refractivity contribution in [3.05, 3.63) is 30.1 Å². The molecule has 2 fully saturated rings. The summed E-state index contributed by atoms with van der Waals surface area (Å²) in [5.74, 6) is -0.176. The van der Waals surface area contributed by atoms with Crippen molar-refractivity contribution in [2.24, 2.45) is 0 Å². The third kappa shape index (κ3) is 5.76. The number of rotatable bonds is 6. The Morgan fingerprint density at radius 3 is 2.45 bits per heavy atom. The summed E-state index contributed by atoms with van der Waals surface area (Å²) in [6.07, 6.45) is 4.46. The van der Waals surface area contributed by atoms with Gasteiger partial charge in [0.15, 0.2) is 0 Å². The molecule has 3 rings (SSSR count). The molecule has 6 nitrogen and oxygen atoms in total. The summed E-state index contributed by atoms with van der Waals surface area (Å²) in [6.45, 7) is 8.43. The van der Waals surface area contributed by atoms with Crippen LogP contribution in [0.3, 0.4) is 0 Å². The third-order valence-electron chi connectivity index (χ3n) is 6.19. The van der Waals surface area contributed by atoms with Gasteiger partial charge in [0.05, 0.1) is 12.6 Å². The lowest BCUT2D eigenvalue weighted by Gasteiger charge is -2.42. The quantitative estimate of drug-likeness (QED) is 0.792. The largest absolute Gasteiger partial charge is 0.338 e. The number of nitrogens with one attached hydrogen (secondary N) is 1. The topological polar surface area (TPSA) is 55.9 Å². The van der Waals surface area contributed by atoms with Gasteiger partial charge in [-0.25, -0.2) is 4.39 Å². The van der Waals surface area contributed by atoms with Crippen LogP contribution in [0.4, 0.5) is 10.1 Å². The van der Waals surface area contributed by atoms with Crippen molar-refractivity contribution in [3.63, 3.8) is 0 Å². The second kappa shape index (κ2) is 10.2. The molecule has 0 bridgehead atoms. The van der Waals surface area contributed by atoms with E-state index in [0.29, 0.717) is 18.3 Å². The normalized spacial score (nSPS) is 22.3. The molecule has 1 aromatic carbocycles. The van der Waals surface area contributed by atoms with E-state index in [1.54, 1.807) is 12.1 Å². The molecular weight excluding hydrogens is 371 g/mol. The summed E-state index contributed by atoms with van der Waals surface area (Å²) in [5.41, 5.74) is 0.598. The molecule has 2 unspecified atom stereocenters. The van der Waals surface area contributed by atoms with Gasteiger partial charge in [-0.3, -0.25) is 19.4 Å². The highest BCUT2D eigenvalue weighted by Crippen LogP contribution is 2.21. The summed E-state index contributed by atoms with van der Waals surface area (Å²) >= 11 is 0. The summed E-state index contributed by atoms with van der Waals surface area (Å²) in [4.78, 5) is 31.7. The Balaban J connectivity index is 1.45. The molecule has 1 aromatic rings. The molecule has 2 saturated heterocycles. The maximum atomic E-state index is 13.0. The number of amides is 2. The minimum Gasteiger partial charge on any atom is -0.338 e. The fraction of sp³-hybridized carbons (Fsp3) is 0.636. The summed E-state index contributed by atoms with van der Waals surface area (Å²) in [5, 5.41) is 2.80. The Kier molecular flexibility index (Phi) is 7.61. The molecule has 2 aliphatic heterocycles. The molecule has 7 heteroatoms. The number of piperazine rings is 1. The van der Waals surface area contributed by atoms with Gasteiger partial charge >= 0.3 is 0 Å². The first-order valence-electron chi connectivity index (χ1n) is 10.8. The van der Waals surface area contributed by atoms with Gasteiger partial charge in [0.2, 0.25) is 11.8 Å². The van der Waals surface area contributed by atoms with Gasteiger partial charge in [-0.05, 0) is 56.9 Å². The molecule has 2 aliphatic rings. The molecule has 1 N–H and O–H groups in total. The molecule has 0 aromatic heterocycles. The first-order valence-corrected chi connectivity index (χ1v) is 10.8. The van der Waals surface area contributed by atoms with E-state index < -0.39 is 0 Å². The number of halogens is 1. The van der Waals surface area contributed by atoms with Crippen LogP contribution in [0.5, 0.6) is 0 Å². The predicted molar refractivity (Wildman–Crippen MR) is 112 cm³/mol. The summed E-state index contributed by atoms with van der Waals surface area (Å²) in [7, 11) is 0. The highest BCUT2D eigenvalue weighted by Gasteiger charge is 2.32. The van der Waals surface area contributed by atoms with Gasteiger partial charge in [0.25, 0.3) is 0 Å². The fourth-order valence-corrected chi connectivity index (χ4v) is 4.36. The van der Waals surface area contributed by atoms with Crippen LogP contribution >= 0.6 is 0 Å². The molecule has 0 spiro atoms. The van der Waals surface area contributed by atoms with Crippen molar-refractivity contribution in [1.82, 2.24) is 14.7 Å². The number of hydrogen-bond donors (Lipinski definition) is 1. The van der Waals surface area contributed by atoms with E-state index in [1.807, 2.05) is 6.92 Å². The predicted octanol–water partition coefficient (Wildman–Crippen LogP) is 2.56. The van der Waals surface area contributed by atoms with Crippen LogP contribution in [0.2, 0.25) is 0 Å². The van der Waals surface area contributed by atoms with E-state index >= 15 is 0 Å². The van der Waals surface area contributed by atoms with E-state index in [4.69, 9.17) is 0 Å². The zero-order chi connectivity index (χ0) is 20.8. The van der Waals surface area contributed by atoms with Crippen LogP contribution in [-0.4, -0.2) is 77.9 Å². The van der Waals surface area contributed by atoms with Gasteiger partial charge in [0.1, 0.15) is 5.82 Å². The van der Waals surface area contributed by atoms with Crippen molar-refractivity contribution < 1.29 is 14.0 Å². The van der Waals surface area contributed by atoms with E-state index in [1.165, 1.54) is 18.6 Å². The highest BCUT2D eigenvalue weighted by molar-refractivity contribution is 5.92. The van der Waals surface area contributed by atoms with Crippen molar-refractivity contribution in [2.75, 3.05) is 44.6 Å². The lowest BCUT2D eigenvalue weighted by molar-refractivity contribution is -0.141. The Bertz CT molecular complexity index is 689. The zero-order valence-corrected chi connectivity index (χ0v) is 17.6. The van der Waals surface area contributed by atoms with Crippen molar-refractivity contribution in [2.45, 2.75) is 51.6 Å². The Hall–Kier alpha value is -1.99. The number of carbonyl (C=O) groups excluding carboxylic acids is 2. The molecule has 2 atom stereocenters. The molecule has 0 radical (unpaired) electrons. The first kappa shape index (κ1) is 21.7. The standard InChI is InChI=1S/C22H33FN4O2/c1-3-20-6-4-5-11-27(20)22(29)17(2)26-14-12-25(13-15-26)16-21(28)24-19-9-7-18(23)8-10-19/h7-10,17,20H,3-6,11-16H2,1-2H3,(H,24,28). The number of likely N-dealkylation sites (tertiary alicyclic amines) is 1. The lowest BCUT2D eigenvalue weighted by Crippen LogP contribution is -2.57. The van der Waals surface area contributed by atoms with E-state index in [0.717, 1.165) is 52.0 Å². The number of anilines is 1. The molecule has 0 aliphatic carbocycles. The Morgan fingerprint density at radius 1 is 1.10 bits per heavy atom. The first-order chi connectivity index (χ1) is 14.0. The maximum Gasteiger partial charge on any atom is 0.239 e. The van der Waals surface area contributed by atoms with Gasteiger partial charge in [-0.1, -0.05) is 6.92 Å². The molecule has 29 heavy (non-hydrogen) atoms. The average Bonchev–Trinajstić information content (AvgIpc) is 2.75. The second-order valence-corrected chi connectivity index (χ2v) is 8.13.